The minimum absolute atomic E-state index is 0.0401. The van der Waals surface area contributed by atoms with Crippen LogP contribution in [0.15, 0.2) is 33.6 Å². The molecule has 0 fully saturated rings. The molecule has 7 heteroatoms. The van der Waals surface area contributed by atoms with E-state index in [9.17, 15) is 13.2 Å². The predicted octanol–water partition coefficient (Wildman–Crippen LogP) is 3.82. The van der Waals surface area contributed by atoms with Gasteiger partial charge in [0.25, 0.3) is 16.1 Å². The lowest BCUT2D eigenvalue weighted by Gasteiger charge is -1.99. The molecule has 0 radical (unpaired) electrons. The first-order valence-electron chi connectivity index (χ1n) is 4.62. The van der Waals surface area contributed by atoms with Crippen LogP contribution in [0.25, 0.3) is 0 Å². The molecule has 0 heterocycles. The summed E-state index contributed by atoms with van der Waals surface area (Å²) in [5, 5.41) is 0. The average molecular weight is 481 g/mol. The van der Waals surface area contributed by atoms with Gasteiger partial charge in [-0.05, 0) is 18.6 Å². The maximum atomic E-state index is 11.2. The van der Waals surface area contributed by atoms with Gasteiger partial charge in [0.2, 0.25) is 0 Å². The molecule has 0 spiro atoms. The van der Waals surface area contributed by atoms with Gasteiger partial charge in [0.05, 0.1) is 4.90 Å². The highest BCUT2D eigenvalue weighted by molar-refractivity contribution is 15.0. The second-order valence-electron chi connectivity index (χ2n) is 2.42. The number of carbonyl (C=O) groups excluding carboxylic acids is 1. The highest BCUT2D eigenvalue weighted by Gasteiger charge is 2.14. The molecule has 0 aliphatic carbocycles. The summed E-state index contributed by atoms with van der Waals surface area (Å²) in [6.07, 6.45) is 1.02. The summed E-state index contributed by atoms with van der Waals surface area (Å²) >= 11 is 4.24. The van der Waals surface area contributed by atoms with Crippen LogP contribution >= 0.6 is 37.2 Å². The molecule has 0 saturated heterocycles. The van der Waals surface area contributed by atoms with Crippen molar-refractivity contribution in [3.8, 4) is 0 Å². The molecule has 1 rings (SSSR count). The van der Waals surface area contributed by atoms with Crippen molar-refractivity contribution in [1.82, 2.24) is 0 Å². The first-order valence-corrected chi connectivity index (χ1v) is 12.3. The zero-order valence-electron chi connectivity index (χ0n) is 9.65. The summed E-state index contributed by atoms with van der Waals surface area (Å²) in [7, 11) is -3.84. The van der Waals surface area contributed by atoms with Gasteiger partial charge in [-0.25, -0.2) is 4.79 Å². The number of aryl methyl sites for hydroxylation is 1. The van der Waals surface area contributed by atoms with E-state index in [0.717, 1.165) is 6.08 Å². The lowest BCUT2D eigenvalue weighted by Crippen LogP contribution is -1.98. The molecule has 0 saturated carbocycles. The summed E-state index contributed by atoms with van der Waals surface area (Å²) < 4.78 is 25.2. The lowest BCUT2D eigenvalue weighted by molar-refractivity contribution is 0.563. The van der Waals surface area contributed by atoms with E-state index in [1.807, 2.05) is 13.8 Å². The molecule has 0 atom stereocenters. The highest BCUT2D eigenvalue weighted by Crippen LogP contribution is 2.15. The fraction of sp³-hybridized carbons (Fsp3) is 0.300. The normalized spacial score (nSPS) is 8.76. The topological polar surface area (TPSA) is 63.6 Å². The lowest BCUT2D eigenvalue weighted by atomic mass is 10.2. The van der Waals surface area contributed by atoms with E-state index in [1.165, 1.54) is 6.07 Å². The van der Waals surface area contributed by atoms with Crippen LogP contribution in [0.5, 0.6) is 0 Å². The number of hydrogen-bond acceptors (Lipinski definition) is 3. The number of nitrogens with zero attached hydrogens (tertiary/aromatic N) is 1. The van der Waals surface area contributed by atoms with Crippen molar-refractivity contribution in [3.05, 3.63) is 29.8 Å². The molecule has 1 aromatic carbocycles. The van der Waals surface area contributed by atoms with Gasteiger partial charge in [0, 0.05) is 37.2 Å². The van der Waals surface area contributed by atoms with Gasteiger partial charge in [0.1, 0.15) is 0 Å². The standard InChI is InChI=1S/C8H7NO3S.C2H6.I2/c1-7-4-2-3-5-8(7)13(11,12)9-6-10;2*1-2/h2-5H,1H3;1-2H3;. The third-order valence-corrected chi connectivity index (χ3v) is 2.86. The Hall–Kier alpha value is 0.0100. The zero-order chi connectivity index (χ0) is 13.9. The fourth-order valence-electron chi connectivity index (χ4n) is 0.944. The average Bonchev–Trinajstić information content (AvgIpc) is 2.34. The molecule has 0 aliphatic rings. The van der Waals surface area contributed by atoms with Gasteiger partial charge in [-0.2, -0.15) is 8.42 Å². The monoisotopic (exact) mass is 481 g/mol. The van der Waals surface area contributed by atoms with Crippen molar-refractivity contribution in [1.29, 1.82) is 0 Å². The number of hydrogen-bond donors (Lipinski definition) is 0. The van der Waals surface area contributed by atoms with Crippen LogP contribution in [0.2, 0.25) is 0 Å². The van der Waals surface area contributed by atoms with Crippen LogP contribution in [0.4, 0.5) is 0 Å². The van der Waals surface area contributed by atoms with E-state index >= 15 is 0 Å². The van der Waals surface area contributed by atoms with Gasteiger partial charge >= 0.3 is 0 Å². The Morgan fingerprint density at radius 1 is 1.18 bits per heavy atom. The van der Waals surface area contributed by atoms with E-state index in [2.05, 4.69) is 41.6 Å². The second-order valence-corrected chi connectivity index (χ2v) is 4.00. The van der Waals surface area contributed by atoms with Crippen LogP contribution in [0.3, 0.4) is 0 Å². The Labute approximate surface area is 125 Å². The number of isocyanates is 1. The molecule has 0 N–H and O–H groups in total. The van der Waals surface area contributed by atoms with Crippen molar-refractivity contribution in [2.24, 2.45) is 4.40 Å². The van der Waals surface area contributed by atoms with Crippen molar-refractivity contribution < 1.29 is 13.2 Å². The van der Waals surface area contributed by atoms with Crippen LogP contribution in [-0.4, -0.2) is 14.5 Å². The smallest absolute Gasteiger partial charge is 0.210 e. The van der Waals surface area contributed by atoms with Crippen LogP contribution in [0.1, 0.15) is 19.4 Å². The number of benzene rings is 1. The molecule has 0 unspecified atom stereocenters. The van der Waals surface area contributed by atoms with E-state index in [4.69, 9.17) is 0 Å². The minimum atomic E-state index is -3.84. The number of halogens is 2. The van der Waals surface area contributed by atoms with Crippen molar-refractivity contribution in [2.45, 2.75) is 25.7 Å². The van der Waals surface area contributed by atoms with Crippen molar-refractivity contribution in [2.75, 3.05) is 0 Å². The molecular weight excluding hydrogens is 468 g/mol. The Morgan fingerprint density at radius 3 is 2.06 bits per heavy atom. The summed E-state index contributed by atoms with van der Waals surface area (Å²) in [4.78, 5) is 9.87. The Kier molecular flexibility index (Phi) is 12.7. The summed E-state index contributed by atoms with van der Waals surface area (Å²) in [5.74, 6) is 0. The Bertz CT molecular complexity index is 468. The molecule has 4 nitrogen and oxygen atoms in total. The second kappa shape index (κ2) is 11.1. The third kappa shape index (κ3) is 7.12. The third-order valence-electron chi connectivity index (χ3n) is 1.53. The molecule has 0 aromatic heterocycles. The summed E-state index contributed by atoms with van der Waals surface area (Å²) in [6, 6.07) is 6.30. The van der Waals surface area contributed by atoms with Gasteiger partial charge < -0.3 is 0 Å². The Morgan fingerprint density at radius 2 is 1.65 bits per heavy atom. The minimum Gasteiger partial charge on any atom is -0.210 e. The van der Waals surface area contributed by atoms with Crippen LogP contribution < -0.4 is 0 Å². The van der Waals surface area contributed by atoms with Crippen LogP contribution in [-0.2, 0) is 14.8 Å². The largest absolute Gasteiger partial charge is 0.292 e. The summed E-state index contributed by atoms with van der Waals surface area (Å²) in [6.45, 7) is 5.63. The maximum Gasteiger partial charge on any atom is 0.292 e. The molecule has 1 aromatic rings. The van der Waals surface area contributed by atoms with E-state index < -0.39 is 10.0 Å². The first kappa shape index (κ1) is 19.4. The Balaban J connectivity index is 0. The number of sulfonamides is 1. The van der Waals surface area contributed by atoms with Crippen molar-refractivity contribution in [3.63, 3.8) is 0 Å². The molecular formula is C10H13I2NO3S. The molecule has 17 heavy (non-hydrogen) atoms. The quantitative estimate of drug-likeness (QED) is 0.367. The van der Waals surface area contributed by atoms with Gasteiger partial charge in [-0.1, -0.05) is 36.4 Å². The number of rotatable bonds is 2. The zero-order valence-corrected chi connectivity index (χ0v) is 14.8. The van der Waals surface area contributed by atoms with Gasteiger partial charge in [0.15, 0.2) is 0 Å². The molecule has 0 amide bonds. The molecule has 96 valence electrons. The molecule has 0 aliphatic heterocycles. The summed E-state index contributed by atoms with van der Waals surface area (Å²) in [5.41, 5.74) is 0.557. The van der Waals surface area contributed by atoms with E-state index in [-0.39, 0.29) is 4.90 Å². The van der Waals surface area contributed by atoms with Gasteiger partial charge in [-0.15, -0.1) is 0 Å². The van der Waals surface area contributed by atoms with Crippen LogP contribution in [0, 0.1) is 6.92 Å². The fourth-order valence-corrected chi connectivity index (χ4v) is 1.87. The first-order chi connectivity index (χ1) is 8.08. The predicted molar refractivity (Wildman–Crippen MR) is 85.9 cm³/mol. The molecule has 0 bridgehead atoms. The highest BCUT2D eigenvalue weighted by atomic mass is 128. The van der Waals surface area contributed by atoms with Crippen molar-refractivity contribution >= 4 is 53.3 Å². The van der Waals surface area contributed by atoms with E-state index in [1.54, 1.807) is 25.1 Å². The van der Waals surface area contributed by atoms with E-state index in [0.29, 0.717) is 5.56 Å². The maximum absolute atomic E-state index is 11.2. The van der Waals surface area contributed by atoms with Gasteiger partial charge in [-0.3, -0.25) is 0 Å². The SMILES string of the molecule is CC.Cc1ccccc1S(=O)(=O)N=C=O.II.